The second kappa shape index (κ2) is 6.89. The quantitative estimate of drug-likeness (QED) is 0.500. The number of pyridine rings is 1. The van der Waals surface area contributed by atoms with Crippen molar-refractivity contribution in [2.45, 2.75) is 13.5 Å². The van der Waals surface area contributed by atoms with Gasteiger partial charge in [-0.2, -0.15) is 10.1 Å². The topological polar surface area (TPSA) is 95.9 Å². The van der Waals surface area contributed by atoms with Crippen LogP contribution in [0.15, 0.2) is 52.6 Å². The van der Waals surface area contributed by atoms with E-state index in [1.807, 2.05) is 29.6 Å². The van der Waals surface area contributed by atoms with E-state index in [1.165, 1.54) is 17.5 Å². The van der Waals surface area contributed by atoms with Crippen LogP contribution in [-0.4, -0.2) is 30.9 Å². The number of rotatable bonds is 5. The Bertz CT molecular complexity index is 1020. The molecule has 0 aliphatic rings. The molecule has 0 aliphatic heterocycles. The third kappa shape index (κ3) is 3.11. The van der Waals surface area contributed by atoms with Crippen LogP contribution in [0.4, 0.5) is 0 Å². The van der Waals surface area contributed by atoms with Gasteiger partial charge in [-0.1, -0.05) is 17.3 Å². The first-order chi connectivity index (χ1) is 12.7. The maximum Gasteiger partial charge on any atom is 0.342 e. The van der Waals surface area contributed by atoms with Crippen LogP contribution < -0.4 is 0 Å². The zero-order valence-electron chi connectivity index (χ0n) is 13.7. The first-order valence-electron chi connectivity index (χ1n) is 7.72. The van der Waals surface area contributed by atoms with Crippen molar-refractivity contribution in [3.8, 4) is 16.5 Å². The second-order valence-corrected chi connectivity index (χ2v) is 6.26. The van der Waals surface area contributed by atoms with Gasteiger partial charge >= 0.3 is 5.97 Å². The minimum atomic E-state index is -0.513. The van der Waals surface area contributed by atoms with Gasteiger partial charge < -0.3 is 9.26 Å². The monoisotopic (exact) mass is 367 g/mol. The molecule has 0 spiro atoms. The summed E-state index contributed by atoms with van der Waals surface area (Å²) in [6, 6.07) is 9.26. The van der Waals surface area contributed by atoms with Gasteiger partial charge in [0.05, 0.1) is 16.8 Å². The molecule has 0 bridgehead atoms. The second-order valence-electron chi connectivity index (χ2n) is 5.31. The third-order valence-corrected chi connectivity index (χ3v) is 4.50. The summed E-state index contributed by atoms with van der Waals surface area (Å²) in [5.74, 6) is 0.823. The molecule has 4 heterocycles. The summed E-state index contributed by atoms with van der Waals surface area (Å²) in [7, 11) is 0. The Morgan fingerprint density at radius 2 is 2.23 bits per heavy atom. The SMILES string of the molecule is Cc1c(C(=O)OCc2nc(-c3cccs3)no2)cnn1-c1ccccn1. The molecule has 0 fully saturated rings. The molecular formula is C17H13N5O3S. The molecule has 26 heavy (non-hydrogen) atoms. The van der Waals surface area contributed by atoms with Gasteiger partial charge in [-0.15, -0.1) is 11.3 Å². The maximum absolute atomic E-state index is 12.3. The first kappa shape index (κ1) is 16.2. The van der Waals surface area contributed by atoms with Crippen molar-refractivity contribution in [2.75, 3.05) is 0 Å². The summed E-state index contributed by atoms with van der Waals surface area (Å²) in [5.41, 5.74) is 0.993. The lowest BCUT2D eigenvalue weighted by Crippen LogP contribution is -2.08. The number of aromatic nitrogens is 5. The summed E-state index contributed by atoms with van der Waals surface area (Å²) in [6.07, 6.45) is 3.12. The highest BCUT2D eigenvalue weighted by atomic mass is 32.1. The minimum absolute atomic E-state index is 0.106. The van der Waals surface area contributed by atoms with Crippen LogP contribution in [0.3, 0.4) is 0 Å². The Balaban J connectivity index is 1.45. The number of carbonyl (C=O) groups excluding carboxylic acids is 1. The Kier molecular flexibility index (Phi) is 4.28. The molecule has 130 valence electrons. The fraction of sp³-hybridized carbons (Fsp3) is 0.118. The van der Waals surface area contributed by atoms with Gasteiger partial charge in [-0.3, -0.25) is 0 Å². The Hall–Kier alpha value is -3.33. The van der Waals surface area contributed by atoms with E-state index in [1.54, 1.807) is 23.9 Å². The van der Waals surface area contributed by atoms with E-state index in [0.717, 1.165) is 4.88 Å². The fourth-order valence-electron chi connectivity index (χ4n) is 2.34. The summed E-state index contributed by atoms with van der Waals surface area (Å²) < 4.78 is 12.0. The number of hydrogen-bond donors (Lipinski definition) is 0. The van der Waals surface area contributed by atoms with Crippen molar-refractivity contribution >= 4 is 17.3 Å². The third-order valence-electron chi connectivity index (χ3n) is 3.63. The molecule has 8 nitrogen and oxygen atoms in total. The van der Waals surface area contributed by atoms with Gasteiger partial charge in [0, 0.05) is 6.20 Å². The molecule has 0 aliphatic carbocycles. The summed E-state index contributed by atoms with van der Waals surface area (Å²) in [6.45, 7) is 1.67. The molecule has 0 aromatic carbocycles. The van der Waals surface area contributed by atoms with Gasteiger partial charge in [0.25, 0.3) is 5.89 Å². The smallest absolute Gasteiger partial charge is 0.342 e. The number of ether oxygens (including phenoxy) is 1. The fourth-order valence-corrected chi connectivity index (χ4v) is 2.99. The number of carbonyl (C=O) groups is 1. The van der Waals surface area contributed by atoms with Crippen molar-refractivity contribution in [3.05, 3.63) is 65.3 Å². The average Bonchev–Trinajstić information content (AvgIpc) is 3.41. The molecule has 0 amide bonds. The lowest BCUT2D eigenvalue weighted by atomic mass is 10.2. The summed E-state index contributed by atoms with van der Waals surface area (Å²) in [5, 5.41) is 10.0. The van der Waals surface area contributed by atoms with Gasteiger partial charge in [0.1, 0.15) is 5.56 Å². The Morgan fingerprint density at radius 1 is 1.31 bits per heavy atom. The van der Waals surface area contributed by atoms with Crippen LogP contribution in [0, 0.1) is 6.92 Å². The normalized spacial score (nSPS) is 10.8. The molecule has 0 N–H and O–H groups in total. The highest BCUT2D eigenvalue weighted by Gasteiger charge is 2.18. The standard InChI is InChI=1S/C17H13N5O3S/c1-11-12(9-19-22(11)14-6-2-3-7-18-14)17(23)24-10-15-20-16(21-25-15)13-5-4-8-26-13/h2-9H,10H2,1H3. The van der Waals surface area contributed by atoms with E-state index in [4.69, 9.17) is 9.26 Å². The van der Waals surface area contributed by atoms with Crippen molar-refractivity contribution in [1.82, 2.24) is 24.9 Å². The van der Waals surface area contributed by atoms with Gasteiger partial charge in [-0.05, 0) is 30.5 Å². The van der Waals surface area contributed by atoms with Crippen LogP contribution in [0.25, 0.3) is 16.5 Å². The van der Waals surface area contributed by atoms with E-state index >= 15 is 0 Å². The predicted molar refractivity (Wildman–Crippen MR) is 92.8 cm³/mol. The number of thiophene rings is 1. The molecule has 4 aromatic heterocycles. The Labute approximate surface area is 152 Å². The van der Waals surface area contributed by atoms with Crippen molar-refractivity contribution < 1.29 is 14.1 Å². The molecule has 4 rings (SSSR count). The van der Waals surface area contributed by atoms with E-state index in [-0.39, 0.29) is 12.5 Å². The lowest BCUT2D eigenvalue weighted by Gasteiger charge is -2.04. The maximum atomic E-state index is 12.3. The zero-order valence-corrected chi connectivity index (χ0v) is 14.5. The number of esters is 1. The van der Waals surface area contributed by atoms with Crippen LogP contribution in [0.2, 0.25) is 0 Å². The highest BCUT2D eigenvalue weighted by Crippen LogP contribution is 2.21. The number of nitrogens with zero attached hydrogens (tertiary/aromatic N) is 5. The van der Waals surface area contributed by atoms with Gasteiger partial charge in [0.15, 0.2) is 12.4 Å². The first-order valence-corrected chi connectivity index (χ1v) is 8.60. The van der Waals surface area contributed by atoms with Crippen molar-refractivity contribution in [3.63, 3.8) is 0 Å². The van der Waals surface area contributed by atoms with Gasteiger partial charge in [-0.25, -0.2) is 14.5 Å². The molecule has 0 saturated carbocycles. The van der Waals surface area contributed by atoms with Crippen LogP contribution in [0.1, 0.15) is 21.9 Å². The van der Waals surface area contributed by atoms with E-state index in [2.05, 4.69) is 20.2 Å². The van der Waals surface area contributed by atoms with Gasteiger partial charge in [0.2, 0.25) is 5.82 Å². The van der Waals surface area contributed by atoms with Crippen LogP contribution in [-0.2, 0) is 11.3 Å². The molecular weight excluding hydrogens is 354 g/mol. The Morgan fingerprint density at radius 3 is 3.00 bits per heavy atom. The molecule has 0 saturated heterocycles. The van der Waals surface area contributed by atoms with E-state index < -0.39 is 5.97 Å². The molecule has 0 atom stereocenters. The average molecular weight is 367 g/mol. The molecule has 0 unspecified atom stereocenters. The summed E-state index contributed by atoms with van der Waals surface area (Å²) in [4.78, 5) is 21.7. The molecule has 9 heteroatoms. The van der Waals surface area contributed by atoms with Crippen molar-refractivity contribution in [2.24, 2.45) is 0 Å². The number of hydrogen-bond acceptors (Lipinski definition) is 8. The van der Waals surface area contributed by atoms with Crippen molar-refractivity contribution in [1.29, 1.82) is 0 Å². The van der Waals surface area contributed by atoms with Crippen LogP contribution in [0.5, 0.6) is 0 Å². The zero-order chi connectivity index (χ0) is 17.9. The molecule has 4 aromatic rings. The molecule has 0 radical (unpaired) electrons. The highest BCUT2D eigenvalue weighted by molar-refractivity contribution is 7.13. The predicted octanol–water partition coefficient (Wildman–Crippen LogP) is 3.04. The van der Waals surface area contributed by atoms with Crippen LogP contribution >= 0.6 is 11.3 Å². The summed E-state index contributed by atoms with van der Waals surface area (Å²) >= 11 is 1.50. The lowest BCUT2D eigenvalue weighted by molar-refractivity contribution is 0.0429. The van der Waals surface area contributed by atoms with E-state index in [9.17, 15) is 4.79 Å². The largest absolute Gasteiger partial charge is 0.452 e. The minimum Gasteiger partial charge on any atom is -0.452 e. The van der Waals surface area contributed by atoms with E-state index in [0.29, 0.717) is 22.9 Å².